The molecule has 1 N–H and O–H groups in total. The number of para-hydroxylation sites is 4. The van der Waals surface area contributed by atoms with E-state index < -0.39 is 0 Å². The number of oxazole rings is 1. The number of nitrogens with one attached hydrogen (secondary N) is 1. The molecule has 0 spiro atoms. The Kier molecular flexibility index (Phi) is 3.08. The van der Waals surface area contributed by atoms with Crippen LogP contribution < -0.4 is 10.1 Å². The summed E-state index contributed by atoms with van der Waals surface area (Å²) in [6.07, 6.45) is 4.79. The van der Waals surface area contributed by atoms with E-state index in [1.54, 1.807) is 0 Å². The summed E-state index contributed by atoms with van der Waals surface area (Å²) in [5, 5.41) is 3.41. The molecule has 5 rings (SSSR count). The van der Waals surface area contributed by atoms with E-state index in [0.29, 0.717) is 11.8 Å². The largest absolute Gasteiger partial charge is 0.438 e. The van der Waals surface area contributed by atoms with Gasteiger partial charge in [-0.15, -0.1) is 0 Å². The van der Waals surface area contributed by atoms with Crippen molar-refractivity contribution in [3.05, 3.63) is 60.3 Å². The molecule has 2 aromatic carbocycles. The predicted octanol–water partition coefficient (Wildman–Crippen LogP) is 5.19. The monoisotopic (exact) mass is 318 g/mol. The number of rotatable bonds is 2. The molecule has 4 heteroatoms. The highest BCUT2D eigenvalue weighted by atomic mass is 16.5. The summed E-state index contributed by atoms with van der Waals surface area (Å²) in [5.41, 5.74) is 3.78. The topological polar surface area (TPSA) is 47.3 Å². The quantitative estimate of drug-likeness (QED) is 0.706. The maximum Gasteiger partial charge on any atom is 0.228 e. The lowest BCUT2D eigenvalue weighted by atomic mass is 9.97. The number of hydrogen-bond donors (Lipinski definition) is 1. The number of nitrogens with zero attached hydrogens (tertiary/aromatic N) is 1. The van der Waals surface area contributed by atoms with Gasteiger partial charge in [-0.2, -0.15) is 0 Å². The number of aromatic nitrogens is 1. The maximum atomic E-state index is 6.10. The Labute approximate surface area is 140 Å². The van der Waals surface area contributed by atoms with E-state index in [1.807, 2.05) is 48.5 Å². The van der Waals surface area contributed by atoms with E-state index >= 15 is 0 Å². The molecule has 0 bridgehead atoms. The molecule has 0 unspecified atom stereocenters. The van der Waals surface area contributed by atoms with E-state index in [-0.39, 0.29) is 0 Å². The van der Waals surface area contributed by atoms with Crippen LogP contribution >= 0.6 is 0 Å². The number of ether oxygens (including phenoxy) is 1. The Hall–Kier alpha value is -2.75. The van der Waals surface area contributed by atoms with Crippen LogP contribution in [0, 0.1) is 5.92 Å². The van der Waals surface area contributed by atoms with Gasteiger partial charge in [-0.25, -0.2) is 4.98 Å². The third kappa shape index (κ3) is 2.18. The van der Waals surface area contributed by atoms with Crippen molar-refractivity contribution < 1.29 is 9.15 Å². The second kappa shape index (κ2) is 5.41. The minimum Gasteiger partial charge on any atom is -0.438 e. The first-order valence-corrected chi connectivity index (χ1v) is 8.52. The Morgan fingerprint density at radius 3 is 2.62 bits per heavy atom. The standard InChI is InChI=1S/C20H18N2O2/c1-2-8-13(7-1)18(19-21-14-9-3-5-11-16(14)23-19)20-22-15-10-4-6-12-17(15)24-20/h3-6,9-13,21H,1-2,7-8H2. The van der Waals surface area contributed by atoms with Gasteiger partial charge in [-0.3, -0.25) is 0 Å². The normalized spacial score (nSPS) is 19.2. The van der Waals surface area contributed by atoms with E-state index in [4.69, 9.17) is 14.1 Å². The fourth-order valence-electron chi connectivity index (χ4n) is 3.70. The summed E-state index contributed by atoms with van der Waals surface area (Å²) < 4.78 is 12.2. The summed E-state index contributed by atoms with van der Waals surface area (Å²) >= 11 is 0. The predicted molar refractivity (Wildman–Crippen MR) is 93.6 cm³/mol. The van der Waals surface area contributed by atoms with E-state index in [1.165, 1.54) is 12.8 Å². The highest BCUT2D eigenvalue weighted by molar-refractivity contribution is 5.79. The summed E-state index contributed by atoms with van der Waals surface area (Å²) in [6, 6.07) is 15.9. The SMILES string of the molecule is c1ccc2c(c1)NC(=C(c1nc3ccccc3o1)C1CCCC1)O2. The minimum absolute atomic E-state index is 0.426. The van der Waals surface area contributed by atoms with Gasteiger partial charge in [0.05, 0.1) is 11.3 Å². The highest BCUT2D eigenvalue weighted by Gasteiger charge is 2.31. The van der Waals surface area contributed by atoms with Crippen LogP contribution in [0.2, 0.25) is 0 Å². The molecule has 120 valence electrons. The maximum absolute atomic E-state index is 6.10. The number of hydrogen-bond acceptors (Lipinski definition) is 4. The van der Waals surface area contributed by atoms with Crippen molar-refractivity contribution in [3.8, 4) is 5.75 Å². The summed E-state index contributed by atoms with van der Waals surface area (Å²) in [7, 11) is 0. The lowest BCUT2D eigenvalue weighted by Gasteiger charge is -2.14. The molecule has 1 aromatic heterocycles. The van der Waals surface area contributed by atoms with Crippen LogP contribution in [0.4, 0.5) is 5.69 Å². The molecule has 1 fully saturated rings. The van der Waals surface area contributed by atoms with Gasteiger partial charge in [-0.05, 0) is 43.0 Å². The van der Waals surface area contributed by atoms with Gasteiger partial charge in [0, 0.05) is 0 Å². The van der Waals surface area contributed by atoms with Gasteiger partial charge in [0.15, 0.2) is 11.3 Å². The molecule has 4 nitrogen and oxygen atoms in total. The fraction of sp³-hybridized carbons (Fsp3) is 0.250. The van der Waals surface area contributed by atoms with Crippen LogP contribution in [0.1, 0.15) is 31.6 Å². The average molecular weight is 318 g/mol. The van der Waals surface area contributed by atoms with E-state index in [0.717, 1.165) is 46.8 Å². The smallest absolute Gasteiger partial charge is 0.228 e. The lowest BCUT2D eigenvalue weighted by molar-refractivity contribution is 0.446. The van der Waals surface area contributed by atoms with Crippen LogP contribution in [0.3, 0.4) is 0 Å². The number of fused-ring (bicyclic) bond motifs is 2. The lowest BCUT2D eigenvalue weighted by Crippen LogP contribution is -2.09. The molecule has 0 atom stereocenters. The van der Waals surface area contributed by atoms with Crippen molar-refractivity contribution in [3.63, 3.8) is 0 Å². The second-order valence-corrected chi connectivity index (χ2v) is 6.43. The van der Waals surface area contributed by atoms with Crippen LogP contribution in [-0.2, 0) is 0 Å². The summed E-state index contributed by atoms with van der Waals surface area (Å²) in [4.78, 5) is 4.72. The Bertz CT molecular complexity index is 875. The van der Waals surface area contributed by atoms with Gasteiger partial charge in [0.1, 0.15) is 5.52 Å². The molecule has 2 heterocycles. The van der Waals surface area contributed by atoms with Crippen molar-refractivity contribution in [2.75, 3.05) is 5.32 Å². The molecule has 2 aliphatic rings. The van der Waals surface area contributed by atoms with Crippen molar-refractivity contribution in [2.24, 2.45) is 5.92 Å². The number of allylic oxidation sites excluding steroid dienone is 1. The molecule has 1 aliphatic heterocycles. The zero-order valence-electron chi connectivity index (χ0n) is 13.3. The molecule has 0 saturated heterocycles. The van der Waals surface area contributed by atoms with Crippen LogP contribution in [-0.4, -0.2) is 4.98 Å². The first-order chi connectivity index (χ1) is 11.9. The van der Waals surface area contributed by atoms with Gasteiger partial charge in [0.2, 0.25) is 11.8 Å². The molecule has 0 amide bonds. The highest BCUT2D eigenvalue weighted by Crippen LogP contribution is 2.43. The van der Waals surface area contributed by atoms with Crippen molar-refractivity contribution in [2.45, 2.75) is 25.7 Å². The van der Waals surface area contributed by atoms with E-state index in [2.05, 4.69) is 5.32 Å². The first kappa shape index (κ1) is 13.7. The van der Waals surface area contributed by atoms with Crippen molar-refractivity contribution >= 4 is 22.4 Å². The number of anilines is 1. The van der Waals surface area contributed by atoms with Crippen LogP contribution in [0.5, 0.6) is 5.75 Å². The number of benzene rings is 2. The Balaban J connectivity index is 1.64. The molecular formula is C20H18N2O2. The van der Waals surface area contributed by atoms with Gasteiger partial charge < -0.3 is 14.5 Å². The molecular weight excluding hydrogens is 300 g/mol. The average Bonchev–Trinajstić information content (AvgIpc) is 3.34. The zero-order chi connectivity index (χ0) is 15.9. The van der Waals surface area contributed by atoms with E-state index in [9.17, 15) is 0 Å². The Morgan fingerprint density at radius 2 is 1.79 bits per heavy atom. The zero-order valence-corrected chi connectivity index (χ0v) is 13.3. The molecule has 24 heavy (non-hydrogen) atoms. The second-order valence-electron chi connectivity index (χ2n) is 6.43. The van der Waals surface area contributed by atoms with Gasteiger partial charge >= 0.3 is 0 Å². The van der Waals surface area contributed by atoms with Gasteiger partial charge in [0.25, 0.3) is 0 Å². The molecule has 0 radical (unpaired) electrons. The molecule has 1 saturated carbocycles. The molecule has 3 aromatic rings. The van der Waals surface area contributed by atoms with Crippen molar-refractivity contribution in [1.82, 2.24) is 4.98 Å². The van der Waals surface area contributed by atoms with Crippen LogP contribution in [0.25, 0.3) is 16.7 Å². The first-order valence-electron chi connectivity index (χ1n) is 8.52. The van der Waals surface area contributed by atoms with Crippen molar-refractivity contribution in [1.29, 1.82) is 0 Å². The van der Waals surface area contributed by atoms with Gasteiger partial charge in [-0.1, -0.05) is 37.1 Å². The summed E-state index contributed by atoms with van der Waals surface area (Å²) in [6.45, 7) is 0. The third-order valence-corrected chi connectivity index (χ3v) is 4.88. The summed E-state index contributed by atoms with van der Waals surface area (Å²) in [5.74, 6) is 2.74. The van der Waals surface area contributed by atoms with Crippen LogP contribution in [0.15, 0.2) is 58.8 Å². The third-order valence-electron chi connectivity index (χ3n) is 4.88. The molecule has 1 aliphatic carbocycles. The Morgan fingerprint density at radius 1 is 1.00 bits per heavy atom. The fourth-order valence-corrected chi connectivity index (χ4v) is 3.70. The minimum atomic E-state index is 0.426.